The molecule has 0 amide bonds. The minimum absolute atomic E-state index is 0.767. The van der Waals surface area contributed by atoms with Crippen molar-refractivity contribution in [1.29, 1.82) is 0 Å². The highest BCUT2D eigenvalue weighted by atomic mass is 15.4. The van der Waals surface area contributed by atoms with Gasteiger partial charge in [0.25, 0.3) is 0 Å². The van der Waals surface area contributed by atoms with Gasteiger partial charge < -0.3 is 0 Å². The van der Waals surface area contributed by atoms with Crippen LogP contribution in [0, 0.1) is 62.2 Å². The lowest BCUT2D eigenvalue weighted by atomic mass is 9.89. The number of nitrogens with zero attached hydrogens (tertiary/aromatic N) is 3. The van der Waals surface area contributed by atoms with Gasteiger partial charge >= 0.3 is 0 Å². The van der Waals surface area contributed by atoms with Gasteiger partial charge in [-0.1, -0.05) is 133 Å². The van der Waals surface area contributed by atoms with E-state index in [1.165, 1.54) is 11.1 Å². The van der Waals surface area contributed by atoms with Crippen LogP contribution in [0.4, 0.5) is 0 Å². The van der Waals surface area contributed by atoms with E-state index in [0.717, 1.165) is 114 Å². The molecule has 0 saturated carbocycles. The molecule has 0 unspecified atom stereocenters. The van der Waals surface area contributed by atoms with Crippen LogP contribution >= 0.6 is 0 Å². The monoisotopic (exact) mass is 843 g/mol. The zero-order valence-corrected chi connectivity index (χ0v) is 37.2. The van der Waals surface area contributed by atoms with Crippen molar-refractivity contribution in [3.8, 4) is 132 Å². The van der Waals surface area contributed by atoms with Crippen molar-refractivity contribution in [2.45, 2.75) is 33.6 Å². The van der Waals surface area contributed by atoms with E-state index in [9.17, 15) is 0 Å². The van der Waals surface area contributed by atoms with Crippen molar-refractivity contribution in [2.75, 3.05) is 0 Å². The molecule has 8 aromatic carbocycles. The molecule has 3 nitrogen and oxygen atoms in total. The number of hydrogen-bond acceptors (Lipinski definition) is 2. The van der Waals surface area contributed by atoms with E-state index in [-0.39, 0.29) is 0 Å². The molecule has 0 aliphatic rings. The molecule has 9 aromatic rings. The second-order valence-corrected chi connectivity index (χ2v) is 16.4. The summed E-state index contributed by atoms with van der Waals surface area (Å²) < 4.78 is 2.02. The highest BCUT2D eigenvalue weighted by molar-refractivity contribution is 5.87. The third-order valence-electron chi connectivity index (χ3n) is 11.6. The average Bonchev–Trinajstić information content (AvgIpc) is 3.80. The minimum Gasteiger partial charge on any atom is -0.213 e. The van der Waals surface area contributed by atoms with Crippen molar-refractivity contribution in [3.63, 3.8) is 0 Å². The van der Waals surface area contributed by atoms with Gasteiger partial charge in [-0.25, -0.2) is 9.67 Å². The normalized spacial score (nSPS) is 10.5. The summed E-state index contributed by atoms with van der Waals surface area (Å²) in [4.78, 5) is 5.14. The molecule has 0 radical (unpaired) electrons. The van der Waals surface area contributed by atoms with Crippen LogP contribution in [-0.2, 0) is 6.42 Å². The van der Waals surface area contributed by atoms with Crippen molar-refractivity contribution in [1.82, 2.24) is 14.8 Å². The highest BCUT2D eigenvalue weighted by Crippen LogP contribution is 2.39. The molecular weight excluding hydrogens is 799 g/mol. The van der Waals surface area contributed by atoms with E-state index >= 15 is 0 Å². The van der Waals surface area contributed by atoms with Crippen LogP contribution in [0.2, 0.25) is 0 Å². The molecule has 0 bridgehead atoms. The van der Waals surface area contributed by atoms with Crippen LogP contribution < -0.4 is 0 Å². The first-order valence-corrected chi connectivity index (χ1v) is 22.1. The smallest absolute Gasteiger partial charge is 0.163 e. The molecular formula is C63H45N3. The molecule has 66 heavy (non-hydrogen) atoms. The fourth-order valence-electron chi connectivity index (χ4n) is 8.16. The van der Waals surface area contributed by atoms with Crippen molar-refractivity contribution in [2.24, 2.45) is 0 Å². The maximum Gasteiger partial charge on any atom is 0.163 e. The fourth-order valence-corrected chi connectivity index (χ4v) is 8.16. The molecule has 9 rings (SSSR count). The average molecular weight is 844 g/mol. The number of benzene rings is 8. The van der Waals surface area contributed by atoms with Gasteiger partial charge in [0.05, 0.1) is 5.69 Å². The lowest BCUT2D eigenvalue weighted by Gasteiger charge is -2.17. The van der Waals surface area contributed by atoms with Crippen molar-refractivity contribution < 1.29 is 0 Å². The molecule has 0 fully saturated rings. The van der Waals surface area contributed by atoms with Crippen molar-refractivity contribution in [3.05, 3.63) is 210 Å². The molecule has 312 valence electrons. The third kappa shape index (κ3) is 9.54. The first-order valence-electron chi connectivity index (χ1n) is 22.1. The Hall–Kier alpha value is -8.86. The van der Waals surface area contributed by atoms with Crippen LogP contribution in [0.25, 0.3) is 83.8 Å². The number of aryl methyl sites for hydroxylation is 3. The number of hydrogen-bond donors (Lipinski definition) is 0. The summed E-state index contributed by atoms with van der Waals surface area (Å²) in [6.45, 7) is 6.40. The minimum atomic E-state index is 0.767. The Morgan fingerprint density at radius 2 is 0.788 bits per heavy atom. The van der Waals surface area contributed by atoms with E-state index in [1.54, 1.807) is 0 Å². The van der Waals surface area contributed by atoms with Gasteiger partial charge in [0.1, 0.15) is 0 Å². The van der Waals surface area contributed by atoms with Crippen LogP contribution in [0.1, 0.15) is 41.4 Å². The van der Waals surface area contributed by atoms with Gasteiger partial charge in [-0.05, 0) is 190 Å². The quantitative estimate of drug-likeness (QED) is 0.128. The summed E-state index contributed by atoms with van der Waals surface area (Å²) in [5, 5.41) is 5.21. The number of rotatable bonds is 10. The van der Waals surface area contributed by atoms with Crippen LogP contribution in [0.5, 0.6) is 0 Å². The highest BCUT2D eigenvalue weighted by Gasteiger charge is 2.18. The summed E-state index contributed by atoms with van der Waals surface area (Å²) in [5.74, 6) is 18.0. The zero-order chi connectivity index (χ0) is 45.4. The van der Waals surface area contributed by atoms with Gasteiger partial charge in [-0.3, -0.25) is 0 Å². The van der Waals surface area contributed by atoms with Crippen LogP contribution in [0.15, 0.2) is 182 Å². The summed E-state index contributed by atoms with van der Waals surface area (Å²) in [7, 11) is 0. The first kappa shape index (κ1) is 42.4. The van der Waals surface area contributed by atoms with Gasteiger partial charge in [0, 0.05) is 23.1 Å². The van der Waals surface area contributed by atoms with Crippen molar-refractivity contribution >= 4 is 0 Å². The maximum atomic E-state index is 5.45. The van der Waals surface area contributed by atoms with Gasteiger partial charge in [0.2, 0.25) is 0 Å². The predicted molar refractivity (Wildman–Crippen MR) is 274 cm³/mol. The number of terminal acetylenes is 2. The fraction of sp³-hybridized carbons (Fsp3) is 0.0794. The second kappa shape index (κ2) is 19.3. The first-order chi connectivity index (χ1) is 32.3. The Balaban J connectivity index is 1.30. The van der Waals surface area contributed by atoms with E-state index in [1.807, 2.05) is 47.1 Å². The van der Waals surface area contributed by atoms with Gasteiger partial charge in [0.15, 0.2) is 11.6 Å². The summed E-state index contributed by atoms with van der Waals surface area (Å²) in [6, 6.07) is 64.8. The molecule has 3 heteroatoms. The molecule has 0 N–H and O–H groups in total. The second-order valence-electron chi connectivity index (χ2n) is 16.4. The van der Waals surface area contributed by atoms with E-state index in [4.69, 9.17) is 22.9 Å². The lowest BCUT2D eigenvalue weighted by Crippen LogP contribution is -2.01. The van der Waals surface area contributed by atoms with E-state index in [2.05, 4.69) is 196 Å². The molecule has 0 spiro atoms. The Bertz CT molecular complexity index is 3240. The predicted octanol–water partition coefficient (Wildman–Crippen LogP) is 14.5. The number of aromatic nitrogens is 3. The molecule has 0 aliphatic carbocycles. The van der Waals surface area contributed by atoms with E-state index < -0.39 is 0 Å². The summed E-state index contributed by atoms with van der Waals surface area (Å²) >= 11 is 0. The standard InChI is InChI=1S/C63H45N3/c1-6-9-15-46-23-31-50(32-24-46)55-35-53(48-27-19-44(4)20-28-48)37-57(39-55)59-41-60(43-61(42-59)66-63(52-17-12-11-13-18-52)64-62(65-66)14-8-3)58-38-54(49-29-21-45(5)22-30-49)36-56(40-58)51-33-25-47(26-34-51)16-10-7-2/h1-2,11-13,17-43H,8,14H2,3-5H3. The van der Waals surface area contributed by atoms with Crippen LogP contribution in [-0.4, -0.2) is 14.8 Å². The molecule has 0 saturated heterocycles. The maximum absolute atomic E-state index is 5.45. The lowest BCUT2D eigenvalue weighted by molar-refractivity contribution is 0.801. The molecule has 1 aromatic heterocycles. The summed E-state index contributed by atoms with van der Waals surface area (Å²) in [6.07, 6.45) is 12.6. The Morgan fingerprint density at radius 3 is 1.17 bits per heavy atom. The molecule has 0 atom stereocenters. The van der Waals surface area contributed by atoms with E-state index in [0.29, 0.717) is 0 Å². The topological polar surface area (TPSA) is 30.7 Å². The zero-order valence-electron chi connectivity index (χ0n) is 37.2. The van der Waals surface area contributed by atoms with Gasteiger partial charge in [-0.15, -0.1) is 12.8 Å². The largest absolute Gasteiger partial charge is 0.213 e. The summed E-state index contributed by atoms with van der Waals surface area (Å²) in [5.41, 5.74) is 19.1. The van der Waals surface area contributed by atoms with Gasteiger partial charge in [-0.2, -0.15) is 5.10 Å². The Labute approximate surface area is 388 Å². The third-order valence-corrected chi connectivity index (χ3v) is 11.6. The Morgan fingerprint density at radius 1 is 0.424 bits per heavy atom. The molecule has 1 heterocycles. The molecule has 0 aliphatic heterocycles. The van der Waals surface area contributed by atoms with Crippen LogP contribution in [0.3, 0.4) is 0 Å². The SMILES string of the molecule is C#CC#Cc1ccc(-c2cc(-c3ccc(C)cc3)cc(-c3cc(-c4cc(-c5ccc(C)cc5)cc(-c5ccc(C#CC#C)cc5)c4)cc(-n4nc(CCC)nc4-c4ccccc4)c3)c2)cc1. The Kier molecular flexibility index (Phi) is 12.4.